The molecule has 0 unspecified atom stereocenters. The molecule has 0 N–H and O–H groups in total. The first-order valence-electron chi connectivity index (χ1n) is 4.35. The van der Waals surface area contributed by atoms with Crippen LogP contribution >= 0.6 is 0 Å². The summed E-state index contributed by atoms with van der Waals surface area (Å²) in [6.07, 6.45) is 1.50. The first-order chi connectivity index (χ1) is 6.92. The Morgan fingerprint density at radius 2 is 2.07 bits per heavy atom. The van der Waals surface area contributed by atoms with Crippen LogP contribution in [0.1, 0.15) is 18.9 Å². The van der Waals surface area contributed by atoms with E-state index in [0.29, 0.717) is 12.0 Å². The zero-order valence-corrected chi connectivity index (χ0v) is 8.85. The van der Waals surface area contributed by atoms with E-state index < -0.39 is 22.1 Å². The monoisotopic (exact) mass is 236 g/mol. The lowest BCUT2D eigenvalue weighted by Crippen LogP contribution is -2.03. The fraction of sp³-hybridized carbons (Fsp3) is 0.333. The molecule has 0 spiro atoms. The third-order valence-corrected chi connectivity index (χ3v) is 2.10. The minimum absolute atomic E-state index is 0.627. The van der Waals surface area contributed by atoms with Crippen LogP contribution < -0.4 is 4.18 Å². The molecular weight excluding hydrogens is 226 g/mol. The maximum Gasteiger partial charge on any atom is 0.488 e. The van der Waals surface area contributed by atoms with E-state index in [4.69, 9.17) is 0 Å². The van der Waals surface area contributed by atoms with Gasteiger partial charge in [-0.3, -0.25) is 0 Å². The van der Waals surface area contributed by atoms with Crippen LogP contribution in [0.15, 0.2) is 18.2 Å². The summed E-state index contributed by atoms with van der Waals surface area (Å²) >= 11 is 0. The minimum Gasteiger partial charge on any atom is -0.355 e. The molecule has 84 valence electrons. The van der Waals surface area contributed by atoms with Crippen molar-refractivity contribution in [2.24, 2.45) is 0 Å². The minimum atomic E-state index is -5.16. The SMILES string of the molecule is CCCc1ccc(OS(=O)(=O)F)c(F)c1. The highest BCUT2D eigenvalue weighted by Crippen LogP contribution is 2.21. The van der Waals surface area contributed by atoms with Crippen molar-refractivity contribution in [1.82, 2.24) is 0 Å². The number of aryl methyl sites for hydroxylation is 1. The van der Waals surface area contributed by atoms with E-state index in [0.717, 1.165) is 18.6 Å². The van der Waals surface area contributed by atoms with Crippen molar-refractivity contribution < 1.29 is 20.9 Å². The van der Waals surface area contributed by atoms with Crippen molar-refractivity contribution in [2.75, 3.05) is 0 Å². The van der Waals surface area contributed by atoms with Gasteiger partial charge in [-0.15, -0.1) is 0 Å². The molecule has 0 bridgehead atoms. The van der Waals surface area contributed by atoms with Gasteiger partial charge < -0.3 is 4.18 Å². The van der Waals surface area contributed by atoms with Gasteiger partial charge in [0.25, 0.3) is 0 Å². The average molecular weight is 236 g/mol. The van der Waals surface area contributed by atoms with Gasteiger partial charge in [-0.2, -0.15) is 8.42 Å². The van der Waals surface area contributed by atoms with Crippen LogP contribution in [0.4, 0.5) is 8.28 Å². The van der Waals surface area contributed by atoms with Crippen molar-refractivity contribution in [3.8, 4) is 5.75 Å². The summed E-state index contributed by atoms with van der Waals surface area (Å²) in [7, 11) is -5.16. The van der Waals surface area contributed by atoms with E-state index >= 15 is 0 Å². The first kappa shape index (κ1) is 11.9. The molecule has 1 rings (SSSR count). The lowest BCUT2D eigenvalue weighted by molar-refractivity contribution is 0.423. The van der Waals surface area contributed by atoms with E-state index in [1.807, 2.05) is 6.92 Å². The Morgan fingerprint density at radius 1 is 1.40 bits per heavy atom. The molecule has 6 heteroatoms. The topological polar surface area (TPSA) is 43.4 Å². The van der Waals surface area contributed by atoms with Gasteiger partial charge in [-0.1, -0.05) is 23.3 Å². The van der Waals surface area contributed by atoms with Crippen LogP contribution in [0, 0.1) is 5.82 Å². The van der Waals surface area contributed by atoms with Gasteiger partial charge in [-0.25, -0.2) is 4.39 Å². The standard InChI is InChI=1S/C9H10F2O3S/c1-2-3-7-4-5-9(8(10)6-7)14-15(11,12)13/h4-6H,2-3H2,1H3. The maximum absolute atomic E-state index is 13.1. The highest BCUT2D eigenvalue weighted by atomic mass is 32.3. The molecule has 0 amide bonds. The fourth-order valence-corrected chi connectivity index (χ4v) is 1.51. The number of benzene rings is 1. The van der Waals surface area contributed by atoms with Crippen LogP contribution in [0.5, 0.6) is 5.75 Å². The molecule has 0 aromatic heterocycles. The van der Waals surface area contributed by atoms with Crippen molar-refractivity contribution >= 4 is 10.5 Å². The molecule has 0 radical (unpaired) electrons. The summed E-state index contributed by atoms with van der Waals surface area (Å²) < 4.78 is 49.2. The van der Waals surface area contributed by atoms with Gasteiger partial charge in [0, 0.05) is 0 Å². The maximum atomic E-state index is 13.1. The summed E-state index contributed by atoms with van der Waals surface area (Å²) in [5, 5.41) is 0. The zero-order chi connectivity index (χ0) is 11.5. The molecule has 0 aliphatic carbocycles. The highest BCUT2D eigenvalue weighted by Gasteiger charge is 2.13. The van der Waals surface area contributed by atoms with Crippen LogP contribution in [-0.2, 0) is 16.9 Å². The first-order valence-corrected chi connectivity index (χ1v) is 5.65. The number of hydrogen-bond acceptors (Lipinski definition) is 3. The number of halogens is 2. The molecule has 0 fully saturated rings. The normalized spacial score (nSPS) is 11.4. The summed E-state index contributed by atoms with van der Waals surface area (Å²) in [4.78, 5) is 0. The molecule has 1 aromatic rings. The van der Waals surface area contributed by atoms with Crippen molar-refractivity contribution in [3.63, 3.8) is 0 Å². The molecule has 3 nitrogen and oxygen atoms in total. The Labute approximate surface area is 87.1 Å². The average Bonchev–Trinajstić information content (AvgIpc) is 2.08. The molecule has 15 heavy (non-hydrogen) atoms. The molecule has 0 aliphatic rings. The number of hydrogen-bond donors (Lipinski definition) is 0. The van der Waals surface area contributed by atoms with Gasteiger partial charge in [0.1, 0.15) is 0 Å². The molecule has 0 saturated carbocycles. The highest BCUT2D eigenvalue weighted by molar-refractivity contribution is 7.81. The molecule has 1 aromatic carbocycles. The quantitative estimate of drug-likeness (QED) is 0.754. The van der Waals surface area contributed by atoms with Gasteiger partial charge in [0.2, 0.25) is 0 Å². The number of rotatable bonds is 4. The Morgan fingerprint density at radius 3 is 2.53 bits per heavy atom. The second kappa shape index (κ2) is 4.57. The second-order valence-corrected chi connectivity index (χ2v) is 3.94. The van der Waals surface area contributed by atoms with Gasteiger partial charge in [-0.05, 0) is 24.1 Å². The van der Waals surface area contributed by atoms with E-state index in [1.165, 1.54) is 6.07 Å². The van der Waals surface area contributed by atoms with Gasteiger partial charge >= 0.3 is 10.5 Å². The summed E-state index contributed by atoms with van der Waals surface area (Å²) in [5.74, 6) is -1.51. The predicted octanol–water partition coefficient (Wildman–Crippen LogP) is 2.37. The third-order valence-electron chi connectivity index (χ3n) is 1.72. The van der Waals surface area contributed by atoms with Crippen molar-refractivity contribution in [3.05, 3.63) is 29.6 Å². The van der Waals surface area contributed by atoms with E-state index in [-0.39, 0.29) is 0 Å². The Kier molecular flexibility index (Phi) is 3.62. The molecule has 0 atom stereocenters. The smallest absolute Gasteiger partial charge is 0.355 e. The Balaban J connectivity index is 2.93. The van der Waals surface area contributed by atoms with Crippen LogP contribution in [0.25, 0.3) is 0 Å². The second-order valence-electron chi connectivity index (χ2n) is 2.99. The third kappa shape index (κ3) is 3.83. The Hall–Kier alpha value is -1.17. The fourth-order valence-electron chi connectivity index (χ4n) is 1.16. The van der Waals surface area contributed by atoms with E-state index in [2.05, 4.69) is 4.18 Å². The summed E-state index contributed by atoms with van der Waals surface area (Å²) in [6.45, 7) is 1.92. The Bertz CT molecular complexity index is 443. The molecular formula is C9H10F2O3S. The van der Waals surface area contributed by atoms with E-state index in [1.54, 1.807) is 0 Å². The van der Waals surface area contributed by atoms with Gasteiger partial charge in [0.15, 0.2) is 11.6 Å². The predicted molar refractivity (Wildman–Crippen MR) is 51.1 cm³/mol. The molecule has 0 aliphatic heterocycles. The van der Waals surface area contributed by atoms with Gasteiger partial charge in [0.05, 0.1) is 0 Å². The molecule has 0 saturated heterocycles. The lowest BCUT2D eigenvalue weighted by Gasteiger charge is -2.03. The largest absolute Gasteiger partial charge is 0.488 e. The van der Waals surface area contributed by atoms with Crippen LogP contribution in [0.3, 0.4) is 0 Å². The zero-order valence-electron chi connectivity index (χ0n) is 8.04. The van der Waals surface area contributed by atoms with Crippen molar-refractivity contribution in [2.45, 2.75) is 19.8 Å². The lowest BCUT2D eigenvalue weighted by atomic mass is 10.1. The van der Waals surface area contributed by atoms with Crippen LogP contribution in [0.2, 0.25) is 0 Å². The van der Waals surface area contributed by atoms with E-state index in [9.17, 15) is 16.7 Å². The van der Waals surface area contributed by atoms with Crippen LogP contribution in [-0.4, -0.2) is 8.42 Å². The summed E-state index contributed by atoms with van der Waals surface area (Å²) in [5.41, 5.74) is 0.707. The summed E-state index contributed by atoms with van der Waals surface area (Å²) in [6, 6.07) is 3.72. The van der Waals surface area contributed by atoms with Crippen molar-refractivity contribution in [1.29, 1.82) is 0 Å². The molecule has 0 heterocycles.